The maximum atomic E-state index is 12.7. The summed E-state index contributed by atoms with van der Waals surface area (Å²) in [5, 5.41) is 0.828. The maximum absolute atomic E-state index is 12.7. The fourth-order valence-corrected chi connectivity index (χ4v) is 4.37. The summed E-state index contributed by atoms with van der Waals surface area (Å²) in [5.74, 6) is 0.681. The molecule has 0 atom stereocenters. The molecule has 1 N–H and O–H groups in total. The van der Waals surface area contributed by atoms with Crippen LogP contribution in [0.2, 0.25) is 0 Å². The van der Waals surface area contributed by atoms with Gasteiger partial charge in [-0.2, -0.15) is 0 Å². The van der Waals surface area contributed by atoms with Gasteiger partial charge in [-0.15, -0.1) is 0 Å². The summed E-state index contributed by atoms with van der Waals surface area (Å²) in [6, 6.07) is 7.97. The minimum atomic E-state index is 0.226. The van der Waals surface area contributed by atoms with Gasteiger partial charge in [0.05, 0.1) is 16.8 Å². The Kier molecular flexibility index (Phi) is 4.12. The predicted molar refractivity (Wildman–Crippen MR) is 93.3 cm³/mol. The Labute approximate surface area is 140 Å². The van der Waals surface area contributed by atoms with Gasteiger partial charge in [0.25, 0.3) is 0 Å². The number of carbonyl (C=O) groups is 1. The number of hydrogen-bond acceptors (Lipinski definition) is 3. The number of aromatic amines is 1. The van der Waals surface area contributed by atoms with E-state index in [-0.39, 0.29) is 5.91 Å². The van der Waals surface area contributed by atoms with Crippen LogP contribution >= 0.6 is 11.8 Å². The number of carbonyl (C=O) groups excluding carboxylic acids is 1. The Morgan fingerprint density at radius 1 is 1.17 bits per heavy atom. The minimum absolute atomic E-state index is 0.226. The van der Waals surface area contributed by atoms with Crippen molar-refractivity contribution >= 4 is 28.7 Å². The number of para-hydroxylation sites is 2. The molecular weight excluding hydrogens is 306 g/mol. The number of imidazole rings is 1. The Hall–Kier alpha value is -1.75. The van der Waals surface area contributed by atoms with Crippen molar-refractivity contribution in [1.82, 2.24) is 14.9 Å². The Balaban J connectivity index is 1.45. The first kappa shape index (κ1) is 14.8. The van der Waals surface area contributed by atoms with E-state index in [1.807, 2.05) is 29.2 Å². The van der Waals surface area contributed by atoms with Crippen LogP contribution in [-0.2, 0) is 4.79 Å². The second-order valence-electron chi connectivity index (χ2n) is 6.25. The molecule has 0 unspecified atom stereocenters. The highest BCUT2D eigenvalue weighted by atomic mass is 32.2. The average molecular weight is 327 g/mol. The third kappa shape index (κ3) is 3.02. The van der Waals surface area contributed by atoms with E-state index >= 15 is 0 Å². The highest BCUT2D eigenvalue weighted by Crippen LogP contribution is 2.34. The average Bonchev–Trinajstić information content (AvgIpc) is 3.02. The van der Waals surface area contributed by atoms with Gasteiger partial charge in [0, 0.05) is 12.2 Å². The Bertz CT molecular complexity index is 727. The van der Waals surface area contributed by atoms with Crippen molar-refractivity contribution in [1.29, 1.82) is 0 Å². The number of amides is 1. The monoisotopic (exact) mass is 327 g/mol. The number of rotatable bonds is 3. The molecule has 1 aromatic heterocycles. The lowest BCUT2D eigenvalue weighted by molar-refractivity contribution is -0.127. The lowest BCUT2D eigenvalue weighted by Crippen LogP contribution is -2.36. The summed E-state index contributed by atoms with van der Waals surface area (Å²) in [4.78, 5) is 22.5. The van der Waals surface area contributed by atoms with Gasteiger partial charge in [-0.05, 0) is 50.7 Å². The predicted octanol–water partition coefficient (Wildman–Crippen LogP) is 4.11. The van der Waals surface area contributed by atoms with Gasteiger partial charge in [0.2, 0.25) is 5.91 Å². The topological polar surface area (TPSA) is 49.0 Å². The van der Waals surface area contributed by atoms with Crippen molar-refractivity contribution < 1.29 is 4.79 Å². The number of benzene rings is 1. The van der Waals surface area contributed by atoms with Crippen molar-refractivity contribution in [3.63, 3.8) is 0 Å². The van der Waals surface area contributed by atoms with Gasteiger partial charge in [0.15, 0.2) is 5.16 Å². The van der Waals surface area contributed by atoms with E-state index in [0.29, 0.717) is 5.75 Å². The second kappa shape index (κ2) is 6.40. The molecule has 1 aromatic carbocycles. The third-order valence-electron chi connectivity index (χ3n) is 4.74. The molecule has 0 saturated heterocycles. The number of hydrogen-bond donors (Lipinski definition) is 1. The van der Waals surface area contributed by atoms with Gasteiger partial charge >= 0.3 is 0 Å². The number of nitrogens with one attached hydrogen (secondary N) is 1. The van der Waals surface area contributed by atoms with Crippen LogP contribution in [0.25, 0.3) is 11.0 Å². The van der Waals surface area contributed by atoms with E-state index in [9.17, 15) is 4.79 Å². The molecule has 1 aliphatic carbocycles. The molecule has 1 aliphatic heterocycles. The van der Waals surface area contributed by atoms with Gasteiger partial charge in [-0.1, -0.05) is 29.5 Å². The van der Waals surface area contributed by atoms with E-state index in [2.05, 4.69) is 9.97 Å². The lowest BCUT2D eigenvalue weighted by Gasteiger charge is -2.35. The zero-order valence-corrected chi connectivity index (χ0v) is 14.0. The molecule has 2 aliphatic rings. The van der Waals surface area contributed by atoms with E-state index in [1.54, 1.807) is 0 Å². The molecule has 4 nitrogen and oxygen atoms in total. The zero-order valence-electron chi connectivity index (χ0n) is 13.2. The van der Waals surface area contributed by atoms with Crippen LogP contribution in [0.4, 0.5) is 0 Å². The summed E-state index contributed by atoms with van der Waals surface area (Å²) in [7, 11) is 0. The van der Waals surface area contributed by atoms with Crippen molar-refractivity contribution in [3.8, 4) is 0 Å². The molecule has 2 heterocycles. The second-order valence-corrected chi connectivity index (χ2v) is 7.22. The first-order valence-corrected chi connectivity index (χ1v) is 9.38. The number of aromatic nitrogens is 2. The molecule has 120 valence electrons. The molecule has 4 rings (SSSR count). The highest BCUT2D eigenvalue weighted by molar-refractivity contribution is 7.99. The Morgan fingerprint density at radius 2 is 2.00 bits per heavy atom. The van der Waals surface area contributed by atoms with Crippen molar-refractivity contribution in [3.05, 3.63) is 35.5 Å². The number of allylic oxidation sites excluding steroid dienone is 2. The molecule has 0 spiro atoms. The van der Waals surface area contributed by atoms with Crippen molar-refractivity contribution in [2.45, 2.75) is 43.7 Å². The van der Waals surface area contributed by atoms with Gasteiger partial charge in [0.1, 0.15) is 0 Å². The fourth-order valence-electron chi connectivity index (χ4n) is 3.61. The first-order chi connectivity index (χ1) is 11.3. The number of H-pyrrole nitrogens is 1. The normalized spacial score (nSPS) is 18.3. The molecule has 5 heteroatoms. The Morgan fingerprint density at radius 3 is 2.91 bits per heavy atom. The number of thioether (sulfide) groups is 1. The first-order valence-electron chi connectivity index (χ1n) is 8.40. The zero-order chi connectivity index (χ0) is 15.6. The molecule has 0 radical (unpaired) electrons. The lowest BCUT2D eigenvalue weighted by atomic mass is 9.89. The van der Waals surface area contributed by atoms with Gasteiger partial charge in [-0.3, -0.25) is 4.79 Å². The van der Waals surface area contributed by atoms with Crippen LogP contribution in [0.15, 0.2) is 40.7 Å². The smallest absolute Gasteiger partial charge is 0.237 e. The summed E-state index contributed by atoms with van der Waals surface area (Å²) in [6.07, 6.45) is 7.08. The minimum Gasteiger partial charge on any atom is -0.333 e. The van der Waals surface area contributed by atoms with Gasteiger partial charge in [-0.25, -0.2) is 4.98 Å². The fraction of sp³-hybridized carbons (Fsp3) is 0.444. The summed E-state index contributed by atoms with van der Waals surface area (Å²) in [5.41, 5.74) is 4.85. The summed E-state index contributed by atoms with van der Waals surface area (Å²) >= 11 is 1.51. The van der Waals surface area contributed by atoms with Crippen molar-refractivity contribution in [2.75, 3.05) is 12.3 Å². The van der Waals surface area contributed by atoms with Crippen molar-refractivity contribution in [2.24, 2.45) is 0 Å². The molecule has 0 saturated carbocycles. The van der Waals surface area contributed by atoms with Crippen LogP contribution in [0.5, 0.6) is 0 Å². The highest BCUT2D eigenvalue weighted by Gasteiger charge is 2.26. The van der Waals surface area contributed by atoms with Crippen LogP contribution in [-0.4, -0.2) is 33.1 Å². The maximum Gasteiger partial charge on any atom is 0.237 e. The standard InChI is InChI=1S/C18H21N3OS/c22-17(21-11-5-7-13-6-1-4-10-16(13)21)12-23-18-19-14-8-2-3-9-15(14)20-18/h2-3,8-9H,1,4-7,10-12H2,(H,19,20). The molecular formula is C18H21N3OS. The summed E-state index contributed by atoms with van der Waals surface area (Å²) in [6.45, 7) is 0.887. The molecule has 2 aromatic rings. The van der Waals surface area contributed by atoms with Crippen LogP contribution in [0.3, 0.4) is 0 Å². The van der Waals surface area contributed by atoms with E-state index in [4.69, 9.17) is 0 Å². The third-order valence-corrected chi connectivity index (χ3v) is 5.60. The van der Waals surface area contributed by atoms with Crippen LogP contribution in [0.1, 0.15) is 38.5 Å². The van der Waals surface area contributed by atoms with E-state index in [1.165, 1.54) is 48.7 Å². The molecule has 0 fully saturated rings. The molecule has 1 amide bonds. The molecule has 23 heavy (non-hydrogen) atoms. The SMILES string of the molecule is O=C(CSc1nc2ccccc2[nH]1)N1CCCC2=C1CCCC2. The molecule has 0 bridgehead atoms. The van der Waals surface area contributed by atoms with Crippen LogP contribution < -0.4 is 0 Å². The number of nitrogens with zero attached hydrogens (tertiary/aromatic N) is 2. The largest absolute Gasteiger partial charge is 0.333 e. The van der Waals surface area contributed by atoms with E-state index < -0.39 is 0 Å². The van der Waals surface area contributed by atoms with Gasteiger partial charge < -0.3 is 9.88 Å². The van der Waals surface area contributed by atoms with E-state index in [0.717, 1.165) is 35.6 Å². The quantitative estimate of drug-likeness (QED) is 0.863. The number of fused-ring (bicyclic) bond motifs is 1. The van der Waals surface area contributed by atoms with Crippen LogP contribution in [0, 0.1) is 0 Å². The summed E-state index contributed by atoms with van der Waals surface area (Å²) < 4.78 is 0.